The molecule has 0 aliphatic carbocycles. The summed E-state index contributed by atoms with van der Waals surface area (Å²) in [5.41, 5.74) is 1.74. The van der Waals surface area contributed by atoms with Gasteiger partial charge in [0.05, 0.1) is 18.0 Å². The Balaban J connectivity index is 1.46. The molecule has 0 unspecified atom stereocenters. The largest absolute Gasteiger partial charge is 0.345 e. The Kier molecular flexibility index (Phi) is 9.10. The first-order chi connectivity index (χ1) is 18.4. The summed E-state index contributed by atoms with van der Waals surface area (Å²) in [5.74, 6) is -0.986. The Morgan fingerprint density at radius 3 is 2.63 bits per heavy atom. The average molecular weight is 522 g/mol. The molecule has 38 heavy (non-hydrogen) atoms. The molecule has 4 rings (SSSR count). The molecule has 1 aliphatic heterocycles. The number of rotatable bonds is 10. The number of aromatic nitrogens is 2. The quantitative estimate of drug-likeness (QED) is 0.372. The fraction of sp³-hybridized carbons (Fsp3) is 0.448. The zero-order valence-electron chi connectivity index (χ0n) is 22.0. The summed E-state index contributed by atoms with van der Waals surface area (Å²) in [6, 6.07) is 12.8. The molecule has 0 bridgehead atoms. The average Bonchev–Trinajstić information content (AvgIpc) is 3.38. The zero-order valence-corrected chi connectivity index (χ0v) is 22.0. The molecule has 9 heteroatoms. The predicted octanol–water partition coefficient (Wildman–Crippen LogP) is 4.18. The van der Waals surface area contributed by atoms with E-state index in [0.29, 0.717) is 24.3 Å². The van der Waals surface area contributed by atoms with Crippen LogP contribution in [0.1, 0.15) is 69.8 Å². The maximum Gasteiger partial charge on any atom is 0.243 e. The van der Waals surface area contributed by atoms with Gasteiger partial charge >= 0.3 is 0 Å². The van der Waals surface area contributed by atoms with Gasteiger partial charge in [-0.25, -0.2) is 9.37 Å². The van der Waals surface area contributed by atoms with Gasteiger partial charge in [-0.2, -0.15) is 0 Å². The van der Waals surface area contributed by atoms with Crippen LogP contribution in [0.3, 0.4) is 0 Å². The summed E-state index contributed by atoms with van der Waals surface area (Å²) in [5, 5.41) is 5.64. The van der Waals surface area contributed by atoms with Gasteiger partial charge in [-0.05, 0) is 56.7 Å². The van der Waals surface area contributed by atoms with Crippen LogP contribution in [0.5, 0.6) is 0 Å². The Labute approximate surface area is 222 Å². The van der Waals surface area contributed by atoms with Gasteiger partial charge in [-0.1, -0.05) is 43.3 Å². The normalized spacial score (nSPS) is 17.1. The molecule has 3 aromatic rings. The van der Waals surface area contributed by atoms with Gasteiger partial charge in [-0.15, -0.1) is 0 Å². The molecule has 0 radical (unpaired) electrons. The lowest BCUT2D eigenvalue weighted by Crippen LogP contribution is -2.52. The van der Waals surface area contributed by atoms with Crippen LogP contribution in [-0.4, -0.2) is 51.2 Å². The molecule has 3 atom stereocenters. The van der Waals surface area contributed by atoms with Gasteiger partial charge in [0.1, 0.15) is 17.4 Å². The minimum atomic E-state index is -1.03. The number of piperidine rings is 1. The van der Waals surface area contributed by atoms with Crippen molar-refractivity contribution < 1.29 is 18.8 Å². The molecule has 3 N–H and O–H groups in total. The van der Waals surface area contributed by atoms with Gasteiger partial charge in [0.2, 0.25) is 17.7 Å². The number of benzene rings is 2. The molecule has 0 spiro atoms. The highest BCUT2D eigenvalue weighted by atomic mass is 19.1. The third kappa shape index (κ3) is 6.76. The number of amides is 3. The number of imidazole rings is 1. The van der Waals surface area contributed by atoms with E-state index in [1.54, 1.807) is 19.1 Å². The van der Waals surface area contributed by atoms with Crippen molar-refractivity contribution in [1.29, 1.82) is 0 Å². The number of H-pyrrole nitrogens is 1. The number of nitrogens with zero attached hydrogens (tertiary/aromatic N) is 2. The topological polar surface area (TPSA) is 107 Å². The third-order valence-electron chi connectivity index (χ3n) is 7.18. The summed E-state index contributed by atoms with van der Waals surface area (Å²) >= 11 is 0. The summed E-state index contributed by atoms with van der Waals surface area (Å²) in [6.07, 6.45) is 4.41. The molecule has 3 amide bonds. The molecular weight excluding hydrogens is 485 g/mol. The molecule has 2 aromatic carbocycles. The first-order valence-corrected chi connectivity index (χ1v) is 13.4. The highest BCUT2D eigenvalue weighted by molar-refractivity contribution is 5.92. The summed E-state index contributed by atoms with van der Waals surface area (Å²) in [6.45, 7) is 4.44. The highest BCUT2D eigenvalue weighted by Gasteiger charge is 2.31. The van der Waals surface area contributed by atoms with Crippen molar-refractivity contribution in [2.24, 2.45) is 0 Å². The molecule has 1 fully saturated rings. The second-order valence-electron chi connectivity index (χ2n) is 9.94. The number of para-hydroxylation sites is 1. The molecule has 1 aromatic heterocycles. The Morgan fingerprint density at radius 2 is 1.89 bits per heavy atom. The molecule has 1 aliphatic rings. The third-order valence-corrected chi connectivity index (χ3v) is 7.18. The predicted molar refractivity (Wildman–Crippen MR) is 144 cm³/mol. The summed E-state index contributed by atoms with van der Waals surface area (Å²) < 4.78 is 14.1. The van der Waals surface area contributed by atoms with Crippen LogP contribution in [-0.2, 0) is 20.8 Å². The van der Waals surface area contributed by atoms with E-state index < -0.39 is 23.8 Å². The molecule has 202 valence electrons. The number of aromatic amines is 1. The van der Waals surface area contributed by atoms with Gasteiger partial charge in [0.15, 0.2) is 5.82 Å². The van der Waals surface area contributed by atoms with E-state index in [2.05, 4.69) is 27.5 Å². The van der Waals surface area contributed by atoms with E-state index in [1.807, 2.05) is 35.2 Å². The molecule has 0 saturated carbocycles. The zero-order chi connectivity index (χ0) is 27.1. The Bertz CT molecular complexity index is 1260. The minimum absolute atomic E-state index is 0.124. The number of fused-ring (bicyclic) bond motifs is 1. The first-order valence-electron chi connectivity index (χ1n) is 13.4. The monoisotopic (exact) mass is 521 g/mol. The van der Waals surface area contributed by atoms with E-state index in [4.69, 9.17) is 0 Å². The number of hydrogen-bond acceptors (Lipinski definition) is 4. The van der Waals surface area contributed by atoms with E-state index >= 15 is 0 Å². The number of hydrogen-bond donors (Lipinski definition) is 3. The molecule has 1 saturated heterocycles. The number of nitrogens with one attached hydrogen (secondary N) is 3. The molecule has 8 nitrogen and oxygen atoms in total. The fourth-order valence-electron chi connectivity index (χ4n) is 5.03. The summed E-state index contributed by atoms with van der Waals surface area (Å²) in [4.78, 5) is 48.7. The lowest BCUT2D eigenvalue weighted by Gasteiger charge is -2.36. The lowest BCUT2D eigenvalue weighted by molar-refractivity contribution is -0.139. The van der Waals surface area contributed by atoms with Crippen molar-refractivity contribution in [3.63, 3.8) is 0 Å². The van der Waals surface area contributed by atoms with Crippen LogP contribution in [0.2, 0.25) is 0 Å². The van der Waals surface area contributed by atoms with E-state index in [-0.39, 0.29) is 36.2 Å². The molecule has 2 heterocycles. The Morgan fingerprint density at radius 1 is 1.11 bits per heavy atom. The maximum absolute atomic E-state index is 14.1. The molecular formula is C29H36FN5O3. The van der Waals surface area contributed by atoms with Crippen LogP contribution in [0.25, 0.3) is 11.0 Å². The number of carbonyl (C=O) groups excluding carboxylic acids is 3. The van der Waals surface area contributed by atoms with Crippen molar-refractivity contribution in [2.45, 2.75) is 76.9 Å². The smallest absolute Gasteiger partial charge is 0.243 e. The van der Waals surface area contributed by atoms with Crippen LogP contribution < -0.4 is 10.6 Å². The van der Waals surface area contributed by atoms with Crippen LogP contribution in [0, 0.1) is 5.82 Å². The van der Waals surface area contributed by atoms with E-state index in [0.717, 1.165) is 31.2 Å². The van der Waals surface area contributed by atoms with Gasteiger partial charge < -0.3 is 20.5 Å². The fourth-order valence-corrected chi connectivity index (χ4v) is 5.03. The summed E-state index contributed by atoms with van der Waals surface area (Å²) in [7, 11) is 0. The SMILES string of the molecule is CC[C@H]1CCCCN1C(=O)C[C@H](NC(=O)CCc1ccccc1)C(=O)N[C@@H](C)c1nc2c(F)cccc2[nH]1. The van der Waals surface area contributed by atoms with Crippen LogP contribution in [0.15, 0.2) is 48.5 Å². The van der Waals surface area contributed by atoms with Crippen molar-refractivity contribution in [3.05, 3.63) is 65.7 Å². The van der Waals surface area contributed by atoms with Crippen molar-refractivity contribution in [2.75, 3.05) is 6.54 Å². The van der Waals surface area contributed by atoms with Crippen molar-refractivity contribution >= 4 is 28.8 Å². The maximum atomic E-state index is 14.1. The lowest BCUT2D eigenvalue weighted by atomic mass is 9.98. The van der Waals surface area contributed by atoms with Gasteiger partial charge in [-0.3, -0.25) is 14.4 Å². The number of halogens is 1. The first kappa shape index (κ1) is 27.3. The Hall–Kier alpha value is -3.75. The van der Waals surface area contributed by atoms with E-state index in [1.165, 1.54) is 6.07 Å². The van der Waals surface area contributed by atoms with E-state index in [9.17, 15) is 18.8 Å². The minimum Gasteiger partial charge on any atom is -0.345 e. The van der Waals surface area contributed by atoms with Crippen molar-refractivity contribution in [3.8, 4) is 0 Å². The number of carbonyl (C=O) groups is 3. The van der Waals surface area contributed by atoms with Crippen LogP contribution in [0.4, 0.5) is 4.39 Å². The second-order valence-corrected chi connectivity index (χ2v) is 9.94. The second kappa shape index (κ2) is 12.7. The number of aryl methyl sites for hydroxylation is 1. The standard InChI is InChI=1S/C29H36FN5O3/c1-3-21-12-7-8-17-35(21)26(37)18-24(32-25(36)16-15-20-10-5-4-6-11-20)29(38)31-19(2)28-33-23-14-9-13-22(30)27(23)34-28/h4-6,9-11,13-14,19,21,24H,3,7-8,12,15-18H2,1-2H3,(H,31,38)(H,32,36)(H,33,34)/t19-,21-,24-/m0/s1. The van der Waals surface area contributed by atoms with Gasteiger partial charge in [0.25, 0.3) is 0 Å². The van der Waals surface area contributed by atoms with Gasteiger partial charge in [0, 0.05) is 19.0 Å². The van der Waals surface area contributed by atoms with Crippen molar-refractivity contribution in [1.82, 2.24) is 25.5 Å². The number of likely N-dealkylation sites (tertiary alicyclic amines) is 1. The highest BCUT2D eigenvalue weighted by Crippen LogP contribution is 2.22. The van der Waals surface area contributed by atoms with Crippen LogP contribution >= 0.6 is 0 Å².